The number of nitrogens with zero attached hydrogens (tertiary/aromatic N) is 2. The number of esters is 1. The van der Waals surface area contributed by atoms with Gasteiger partial charge in [0.2, 0.25) is 0 Å². The number of carbonyl (C=O) groups is 2. The molecule has 158 valence electrons. The number of benzene rings is 2. The average molecular weight is 427 g/mol. The molecule has 2 aromatic carbocycles. The van der Waals surface area contributed by atoms with Crippen LogP contribution in [0.15, 0.2) is 35.3 Å². The van der Waals surface area contributed by atoms with Gasteiger partial charge in [-0.1, -0.05) is 29.0 Å². The normalized spacial score (nSPS) is 11.8. The van der Waals surface area contributed by atoms with E-state index < -0.39 is 5.97 Å². The maximum absolute atomic E-state index is 12.8. The van der Waals surface area contributed by atoms with E-state index in [2.05, 4.69) is 24.0 Å². The second-order valence-corrected chi connectivity index (χ2v) is 8.27. The van der Waals surface area contributed by atoms with Crippen molar-refractivity contribution >= 4 is 33.4 Å². The van der Waals surface area contributed by atoms with E-state index >= 15 is 0 Å². The van der Waals surface area contributed by atoms with Gasteiger partial charge in [-0.05, 0) is 55.7 Å². The van der Waals surface area contributed by atoms with Gasteiger partial charge in [0.1, 0.15) is 0 Å². The summed E-state index contributed by atoms with van der Waals surface area (Å²) >= 11 is 1.38. The molecule has 0 bridgehead atoms. The molecule has 0 atom stereocenters. The number of thiazole rings is 1. The van der Waals surface area contributed by atoms with E-state index in [9.17, 15) is 9.59 Å². The Morgan fingerprint density at radius 1 is 1.07 bits per heavy atom. The number of hydrogen-bond donors (Lipinski definition) is 0. The molecule has 1 aromatic heterocycles. The van der Waals surface area contributed by atoms with Crippen LogP contribution in [-0.4, -0.2) is 37.3 Å². The summed E-state index contributed by atoms with van der Waals surface area (Å²) in [6.07, 6.45) is 0.254. The molecule has 0 spiro atoms. The largest absolute Gasteiger partial charge is 0.465 e. The van der Waals surface area contributed by atoms with Gasteiger partial charge in [-0.2, -0.15) is 4.99 Å². The quantitative estimate of drug-likeness (QED) is 0.563. The third-order valence-electron chi connectivity index (χ3n) is 5.01. The lowest BCUT2D eigenvalue weighted by Crippen LogP contribution is -2.20. The molecule has 0 saturated carbocycles. The molecule has 0 radical (unpaired) electrons. The minimum Gasteiger partial charge on any atom is -0.465 e. The fourth-order valence-electron chi connectivity index (χ4n) is 3.59. The third-order valence-corrected chi connectivity index (χ3v) is 6.05. The number of aromatic nitrogens is 1. The lowest BCUT2D eigenvalue weighted by Gasteiger charge is -2.09. The van der Waals surface area contributed by atoms with Gasteiger partial charge < -0.3 is 14.0 Å². The molecule has 0 aliphatic heterocycles. The van der Waals surface area contributed by atoms with Crippen molar-refractivity contribution in [3.8, 4) is 0 Å². The topological polar surface area (TPSA) is 69.9 Å². The Morgan fingerprint density at radius 3 is 2.40 bits per heavy atom. The molecule has 0 fully saturated rings. The zero-order valence-corrected chi connectivity index (χ0v) is 18.8. The van der Waals surface area contributed by atoms with E-state index in [1.165, 1.54) is 24.0 Å². The molecule has 30 heavy (non-hydrogen) atoms. The number of ether oxygens (including phenoxy) is 2. The molecule has 6 nitrogen and oxygen atoms in total. The molecule has 7 heteroatoms. The third kappa shape index (κ3) is 4.68. The average Bonchev–Trinajstić information content (AvgIpc) is 3.04. The predicted molar refractivity (Wildman–Crippen MR) is 118 cm³/mol. The van der Waals surface area contributed by atoms with Crippen LogP contribution in [0.25, 0.3) is 10.2 Å². The Balaban J connectivity index is 2.03. The molecular formula is C23H26N2O4S. The lowest BCUT2D eigenvalue weighted by atomic mass is 9.97. The van der Waals surface area contributed by atoms with Gasteiger partial charge in [0.15, 0.2) is 4.80 Å². The Morgan fingerprint density at radius 2 is 1.77 bits per heavy atom. The minimum absolute atomic E-state index is 0.198. The minimum atomic E-state index is -0.395. The summed E-state index contributed by atoms with van der Waals surface area (Å²) in [5, 5.41) is 0. The molecule has 1 heterocycles. The molecule has 3 rings (SSSR count). The van der Waals surface area contributed by atoms with Crippen molar-refractivity contribution in [1.82, 2.24) is 4.57 Å². The fourth-order valence-corrected chi connectivity index (χ4v) is 4.70. The van der Waals surface area contributed by atoms with Gasteiger partial charge in [0, 0.05) is 13.7 Å². The monoisotopic (exact) mass is 426 g/mol. The summed E-state index contributed by atoms with van der Waals surface area (Å²) < 4.78 is 12.9. The molecule has 0 N–H and O–H groups in total. The van der Waals surface area contributed by atoms with Gasteiger partial charge >= 0.3 is 5.97 Å². The van der Waals surface area contributed by atoms with Crippen LogP contribution in [0.5, 0.6) is 0 Å². The Kier molecular flexibility index (Phi) is 6.84. The number of amides is 1. The zero-order chi connectivity index (χ0) is 21.8. The summed E-state index contributed by atoms with van der Waals surface area (Å²) in [7, 11) is 2.99. The Hall–Kier alpha value is -2.77. The zero-order valence-electron chi connectivity index (χ0n) is 17.9. The van der Waals surface area contributed by atoms with Gasteiger partial charge in [0.05, 0.1) is 35.9 Å². The molecule has 1 amide bonds. The van der Waals surface area contributed by atoms with E-state index in [4.69, 9.17) is 9.47 Å². The number of fused-ring (bicyclic) bond motifs is 1. The Bertz CT molecular complexity index is 1150. The maximum atomic E-state index is 12.8. The highest BCUT2D eigenvalue weighted by Crippen LogP contribution is 2.21. The SMILES string of the molecule is COCCn1c(=NC(=O)Cc2c(C)cc(C)cc2C)sc2cc(C(=O)OC)ccc21. The number of hydrogen-bond acceptors (Lipinski definition) is 5. The van der Waals surface area contributed by atoms with Crippen LogP contribution in [0, 0.1) is 20.8 Å². The van der Waals surface area contributed by atoms with Crippen LogP contribution in [0.2, 0.25) is 0 Å². The standard InChI is InChI=1S/C23H26N2O4S/c1-14-10-15(2)18(16(3)11-14)13-21(26)24-23-25(8-9-28-4)19-7-6-17(22(27)29-5)12-20(19)30-23/h6-7,10-12H,8-9,13H2,1-5H3. The molecule has 3 aromatic rings. The van der Waals surface area contributed by atoms with E-state index in [1.807, 2.05) is 24.5 Å². The van der Waals surface area contributed by atoms with E-state index in [-0.39, 0.29) is 12.3 Å². The van der Waals surface area contributed by atoms with Gasteiger partial charge in [-0.15, -0.1) is 0 Å². The van der Waals surface area contributed by atoms with Gasteiger partial charge in [-0.3, -0.25) is 4.79 Å². The number of carbonyl (C=O) groups excluding carboxylic acids is 2. The second kappa shape index (κ2) is 9.36. The summed E-state index contributed by atoms with van der Waals surface area (Å²) in [5.41, 5.74) is 5.77. The van der Waals surface area contributed by atoms with Crippen LogP contribution < -0.4 is 4.80 Å². The number of methoxy groups -OCH3 is 2. The highest BCUT2D eigenvalue weighted by atomic mass is 32.1. The molecule has 0 aliphatic carbocycles. The van der Waals surface area contributed by atoms with Crippen molar-refractivity contribution in [2.24, 2.45) is 4.99 Å². The van der Waals surface area contributed by atoms with Crippen molar-refractivity contribution in [3.05, 3.63) is 63.0 Å². The van der Waals surface area contributed by atoms with Crippen molar-refractivity contribution < 1.29 is 19.1 Å². The van der Waals surface area contributed by atoms with Crippen LogP contribution >= 0.6 is 11.3 Å². The van der Waals surface area contributed by atoms with Crippen LogP contribution in [0.3, 0.4) is 0 Å². The first-order valence-electron chi connectivity index (χ1n) is 9.69. The second-order valence-electron chi connectivity index (χ2n) is 7.26. The van der Waals surface area contributed by atoms with Crippen LogP contribution in [-0.2, 0) is 27.2 Å². The molecular weight excluding hydrogens is 400 g/mol. The first kappa shape index (κ1) is 21.9. The van der Waals surface area contributed by atoms with E-state index in [0.717, 1.165) is 26.9 Å². The van der Waals surface area contributed by atoms with Crippen LogP contribution in [0.4, 0.5) is 0 Å². The summed E-state index contributed by atoms with van der Waals surface area (Å²) in [5.74, 6) is -0.593. The first-order chi connectivity index (χ1) is 14.3. The van der Waals surface area contributed by atoms with Gasteiger partial charge in [0.25, 0.3) is 5.91 Å². The van der Waals surface area contributed by atoms with E-state index in [0.29, 0.717) is 23.5 Å². The van der Waals surface area contributed by atoms with Crippen molar-refractivity contribution in [2.45, 2.75) is 33.7 Å². The molecule has 0 unspecified atom stereocenters. The number of rotatable bonds is 6. The summed E-state index contributed by atoms with van der Waals surface area (Å²) in [6.45, 7) is 7.14. The van der Waals surface area contributed by atoms with E-state index in [1.54, 1.807) is 19.2 Å². The first-order valence-corrected chi connectivity index (χ1v) is 10.5. The lowest BCUT2D eigenvalue weighted by molar-refractivity contribution is -0.117. The van der Waals surface area contributed by atoms with Crippen molar-refractivity contribution in [2.75, 3.05) is 20.8 Å². The maximum Gasteiger partial charge on any atom is 0.337 e. The van der Waals surface area contributed by atoms with Gasteiger partial charge in [-0.25, -0.2) is 4.79 Å². The highest BCUT2D eigenvalue weighted by Gasteiger charge is 2.13. The molecule has 0 aliphatic rings. The number of aryl methyl sites for hydroxylation is 3. The smallest absolute Gasteiger partial charge is 0.337 e. The summed E-state index contributed by atoms with van der Waals surface area (Å²) in [4.78, 5) is 29.7. The van der Waals surface area contributed by atoms with Crippen LogP contribution in [0.1, 0.15) is 32.6 Å². The highest BCUT2D eigenvalue weighted by molar-refractivity contribution is 7.16. The van der Waals surface area contributed by atoms with Crippen molar-refractivity contribution in [1.29, 1.82) is 0 Å². The predicted octanol–water partition coefficient (Wildman–Crippen LogP) is 3.73. The molecule has 0 saturated heterocycles. The Labute approximate surface area is 179 Å². The van der Waals surface area contributed by atoms with Crippen molar-refractivity contribution in [3.63, 3.8) is 0 Å². The fraction of sp³-hybridized carbons (Fsp3) is 0.348. The summed E-state index contributed by atoms with van der Waals surface area (Å²) in [6, 6.07) is 9.51.